The van der Waals surface area contributed by atoms with Crippen LogP contribution in [0.4, 0.5) is 4.79 Å². The molecule has 1 amide bonds. The fourth-order valence-electron chi connectivity index (χ4n) is 5.47. The lowest BCUT2D eigenvalue weighted by molar-refractivity contribution is -0.268. The first-order valence-corrected chi connectivity index (χ1v) is 14.1. The van der Waals surface area contributed by atoms with Gasteiger partial charge in [-0.3, -0.25) is 0 Å². The molecule has 6 nitrogen and oxygen atoms in total. The van der Waals surface area contributed by atoms with Gasteiger partial charge in [0.15, 0.2) is 0 Å². The van der Waals surface area contributed by atoms with E-state index in [-0.39, 0.29) is 12.0 Å². The highest BCUT2D eigenvalue weighted by Crippen LogP contribution is 2.32. The van der Waals surface area contributed by atoms with Gasteiger partial charge in [-0.25, -0.2) is 0 Å². The fourth-order valence-corrected chi connectivity index (χ4v) is 5.47. The molecule has 1 heterocycles. The van der Waals surface area contributed by atoms with Gasteiger partial charge in [-0.15, -0.1) is 0 Å². The molecule has 208 valence electrons. The third kappa shape index (κ3) is 7.40. The zero-order valence-corrected chi connectivity index (χ0v) is 23.1. The number of carbonyl (C=O) groups excluding carboxylic acids is 1. The number of carboxylic acid groups (broad SMARTS) is 1. The lowest BCUT2D eigenvalue weighted by atomic mass is 9.87. The van der Waals surface area contributed by atoms with Gasteiger partial charge in [0, 0.05) is 32.1 Å². The molecule has 2 unspecified atom stereocenters. The van der Waals surface area contributed by atoms with E-state index >= 15 is 0 Å². The van der Waals surface area contributed by atoms with Crippen LogP contribution in [0.5, 0.6) is 5.75 Å². The van der Waals surface area contributed by atoms with Gasteiger partial charge in [0.25, 0.3) is 0 Å². The Bertz CT molecular complexity index is 1380. The van der Waals surface area contributed by atoms with E-state index in [2.05, 4.69) is 78.7 Å². The van der Waals surface area contributed by atoms with Crippen LogP contribution in [-0.2, 0) is 17.9 Å². The highest BCUT2D eigenvalue weighted by atomic mass is 16.5. The number of amides is 1. The Balaban J connectivity index is 1.15. The van der Waals surface area contributed by atoms with Gasteiger partial charge in [-0.2, -0.15) is 0 Å². The minimum Gasteiger partial charge on any atom is -0.530 e. The van der Waals surface area contributed by atoms with E-state index < -0.39 is 6.09 Å². The third-order valence-corrected chi connectivity index (χ3v) is 7.65. The molecule has 6 heteroatoms. The maximum absolute atomic E-state index is 11.6. The first kappa shape index (κ1) is 27.7. The second kappa shape index (κ2) is 13.5. The number of likely N-dealkylation sites (tertiary alicyclic amines) is 1. The second-order valence-corrected chi connectivity index (χ2v) is 10.6. The van der Waals surface area contributed by atoms with Crippen LogP contribution in [0.15, 0.2) is 97.1 Å². The topological polar surface area (TPSA) is 65.1 Å². The van der Waals surface area contributed by atoms with Crippen LogP contribution < -0.4 is 9.84 Å². The Morgan fingerprint density at radius 3 is 2.45 bits per heavy atom. The lowest BCUT2D eigenvalue weighted by Crippen LogP contribution is -2.51. The molecule has 1 aliphatic rings. The Labute approximate surface area is 236 Å². The molecule has 0 saturated carbocycles. The van der Waals surface area contributed by atoms with Crippen molar-refractivity contribution in [2.45, 2.75) is 38.0 Å². The average Bonchev–Trinajstić information content (AvgIpc) is 2.99. The van der Waals surface area contributed by atoms with Crippen LogP contribution >= 0.6 is 0 Å². The number of piperidine rings is 1. The van der Waals surface area contributed by atoms with Crippen molar-refractivity contribution in [2.24, 2.45) is 0 Å². The number of benzene rings is 4. The highest BCUT2D eigenvalue weighted by molar-refractivity contribution is 5.82. The summed E-state index contributed by atoms with van der Waals surface area (Å²) in [5.41, 5.74) is 3.52. The maximum Gasteiger partial charge on any atom is 0.137 e. The number of ether oxygens (including phenoxy) is 2. The molecule has 0 aromatic heterocycles. The monoisotopic (exact) mass is 537 g/mol. The first-order valence-electron chi connectivity index (χ1n) is 14.1. The van der Waals surface area contributed by atoms with Crippen LogP contribution in [0, 0.1) is 0 Å². The molecule has 0 aliphatic carbocycles. The maximum atomic E-state index is 11.6. The fraction of sp³-hybridized carbons (Fsp3) is 0.324. The summed E-state index contributed by atoms with van der Waals surface area (Å²) in [6.45, 7) is 3.70. The second-order valence-electron chi connectivity index (χ2n) is 10.6. The summed E-state index contributed by atoms with van der Waals surface area (Å²) in [4.78, 5) is 15.3. The quantitative estimate of drug-likeness (QED) is 0.238. The Morgan fingerprint density at radius 1 is 0.925 bits per heavy atom. The van der Waals surface area contributed by atoms with Gasteiger partial charge in [0.2, 0.25) is 0 Å². The zero-order valence-electron chi connectivity index (χ0n) is 23.1. The van der Waals surface area contributed by atoms with E-state index in [0.717, 1.165) is 36.4 Å². The third-order valence-electron chi connectivity index (χ3n) is 7.65. The molecule has 0 radical (unpaired) electrons. The summed E-state index contributed by atoms with van der Waals surface area (Å²) in [6, 6.07) is 33.2. The molecule has 1 aliphatic heterocycles. The number of hydrogen-bond acceptors (Lipinski definition) is 5. The van der Waals surface area contributed by atoms with Gasteiger partial charge in [-0.05, 0) is 65.6 Å². The average molecular weight is 538 g/mol. The van der Waals surface area contributed by atoms with E-state index in [9.17, 15) is 9.90 Å². The molecule has 1 saturated heterocycles. The van der Waals surface area contributed by atoms with Crippen LogP contribution in [0.25, 0.3) is 10.8 Å². The summed E-state index contributed by atoms with van der Waals surface area (Å²) in [5.74, 6) is 0.937. The van der Waals surface area contributed by atoms with Gasteiger partial charge in [0.05, 0.1) is 19.3 Å². The largest absolute Gasteiger partial charge is 0.530 e. The SMILES string of the molecule is CN(CCCOc1ccc(C2CCN(C(=O)[O-])CC2OCc2ccc3ccccc3c2)cc1)Cc1ccccc1. The van der Waals surface area contributed by atoms with E-state index in [1.165, 1.54) is 21.2 Å². The van der Waals surface area contributed by atoms with Gasteiger partial charge in [0.1, 0.15) is 11.8 Å². The van der Waals surface area contributed by atoms with Crippen molar-refractivity contribution < 1.29 is 19.4 Å². The normalized spacial score (nSPS) is 17.3. The molecule has 0 spiro atoms. The molecule has 4 aromatic carbocycles. The predicted molar refractivity (Wildman–Crippen MR) is 156 cm³/mol. The number of carbonyl (C=O) groups is 1. The van der Waals surface area contributed by atoms with E-state index in [4.69, 9.17) is 9.47 Å². The van der Waals surface area contributed by atoms with Crippen molar-refractivity contribution in [3.8, 4) is 5.75 Å². The highest BCUT2D eigenvalue weighted by Gasteiger charge is 2.31. The minimum absolute atomic E-state index is 0.0942. The minimum atomic E-state index is -1.14. The summed E-state index contributed by atoms with van der Waals surface area (Å²) < 4.78 is 12.4. The summed E-state index contributed by atoms with van der Waals surface area (Å²) in [6.07, 6.45) is 0.225. The Hall–Kier alpha value is -3.87. The summed E-state index contributed by atoms with van der Waals surface area (Å²) in [7, 11) is 2.13. The molecule has 0 bridgehead atoms. The number of fused-ring (bicyclic) bond motifs is 1. The molecular formula is C34H37N2O4-. The van der Waals surface area contributed by atoms with Crippen LogP contribution in [0.2, 0.25) is 0 Å². The number of hydrogen-bond donors (Lipinski definition) is 0. The number of nitrogens with zero attached hydrogens (tertiary/aromatic N) is 2. The molecule has 2 atom stereocenters. The van der Waals surface area contributed by atoms with Crippen molar-refractivity contribution in [1.29, 1.82) is 0 Å². The first-order chi connectivity index (χ1) is 19.5. The molecule has 5 rings (SSSR count). The lowest BCUT2D eigenvalue weighted by Gasteiger charge is -2.40. The van der Waals surface area contributed by atoms with Crippen molar-refractivity contribution in [3.63, 3.8) is 0 Å². The van der Waals surface area contributed by atoms with Crippen LogP contribution in [0.1, 0.15) is 35.4 Å². The van der Waals surface area contributed by atoms with Crippen molar-refractivity contribution in [3.05, 3.63) is 114 Å². The van der Waals surface area contributed by atoms with Gasteiger partial charge < -0.3 is 29.2 Å². The van der Waals surface area contributed by atoms with Crippen molar-refractivity contribution in [2.75, 3.05) is 33.3 Å². The summed E-state index contributed by atoms with van der Waals surface area (Å²) >= 11 is 0. The summed E-state index contributed by atoms with van der Waals surface area (Å²) in [5, 5.41) is 14.0. The van der Waals surface area contributed by atoms with E-state index in [1.54, 1.807) is 0 Å². The molecule has 1 fully saturated rings. The molecule has 4 aromatic rings. The van der Waals surface area contributed by atoms with Crippen LogP contribution in [-0.4, -0.2) is 55.3 Å². The van der Waals surface area contributed by atoms with Crippen LogP contribution in [0.3, 0.4) is 0 Å². The smallest absolute Gasteiger partial charge is 0.137 e. The van der Waals surface area contributed by atoms with E-state index in [1.807, 2.05) is 30.3 Å². The Kier molecular flexibility index (Phi) is 9.32. The van der Waals surface area contributed by atoms with E-state index in [0.29, 0.717) is 32.7 Å². The molecule has 40 heavy (non-hydrogen) atoms. The standard InChI is InChI=1S/C34H38N2O4/c1-35(23-26-8-3-2-4-9-26)19-7-21-39-31-16-14-29(15-17-31)32-18-20-36(34(37)38)24-33(32)40-25-27-12-13-28-10-5-6-11-30(28)22-27/h2-6,8-17,22,32-33H,7,18-21,23-25H2,1H3,(H,37,38)/p-1. The van der Waals surface area contributed by atoms with Crippen molar-refractivity contribution in [1.82, 2.24) is 9.80 Å². The van der Waals surface area contributed by atoms with Gasteiger partial charge >= 0.3 is 0 Å². The van der Waals surface area contributed by atoms with Gasteiger partial charge in [-0.1, -0.05) is 78.9 Å². The molecular weight excluding hydrogens is 500 g/mol. The zero-order chi connectivity index (χ0) is 27.7. The predicted octanol–water partition coefficient (Wildman–Crippen LogP) is 5.46. The van der Waals surface area contributed by atoms with Crippen molar-refractivity contribution >= 4 is 16.9 Å². The molecule has 0 N–H and O–H groups in total. The number of rotatable bonds is 11. The Morgan fingerprint density at radius 2 is 1.68 bits per heavy atom.